The van der Waals surface area contributed by atoms with Crippen molar-refractivity contribution in [3.63, 3.8) is 0 Å². The van der Waals surface area contributed by atoms with E-state index in [1.165, 1.54) is 6.26 Å². The van der Waals surface area contributed by atoms with Crippen LogP contribution in [0.25, 0.3) is 0 Å². The van der Waals surface area contributed by atoms with Gasteiger partial charge in [-0.25, -0.2) is 0 Å². The molecule has 8 heavy (non-hydrogen) atoms. The second-order valence-electron chi connectivity index (χ2n) is 1.54. The van der Waals surface area contributed by atoms with Crippen molar-refractivity contribution in [2.45, 2.75) is 6.92 Å². The molecule has 0 fully saturated rings. The van der Waals surface area contributed by atoms with Crippen LogP contribution in [-0.2, 0) is 14.1 Å². The lowest BCUT2D eigenvalue weighted by Gasteiger charge is -2.00. The van der Waals surface area contributed by atoms with E-state index >= 15 is 0 Å². The molecule has 0 rings (SSSR count). The number of carbonyl (C=O) groups is 1. The van der Waals surface area contributed by atoms with Crippen LogP contribution < -0.4 is 5.11 Å². The van der Waals surface area contributed by atoms with Gasteiger partial charge in [0.1, 0.15) is 21.9 Å². The molecule has 1 atom stereocenters. The Morgan fingerprint density at radius 2 is 2.12 bits per heavy atom. The average molecular weight is 136 g/mol. The summed E-state index contributed by atoms with van der Waals surface area (Å²) in [6, 6.07) is 0. The molecule has 0 radical (unpaired) electrons. The molecular weight excluding hydrogens is 128 g/mol. The number of carbonyl (C=O) groups excluding carboxylic acids is 1. The fourth-order valence-electron chi connectivity index (χ4n) is 0.118. The van der Waals surface area contributed by atoms with E-state index in [0.717, 1.165) is 0 Å². The summed E-state index contributed by atoms with van der Waals surface area (Å²) in [7, 11) is -2.68. The Balaban J connectivity index is 4.15. The van der Waals surface area contributed by atoms with Crippen molar-refractivity contribution in [3.05, 3.63) is 0 Å². The van der Waals surface area contributed by atoms with E-state index in [1.807, 2.05) is 0 Å². The predicted molar refractivity (Wildman–Crippen MR) is 29.9 cm³/mol. The summed E-state index contributed by atoms with van der Waals surface area (Å²) < 4.78 is 10.6. The monoisotopic (exact) mass is 136 g/mol. The average Bonchev–Trinajstić information content (AvgIpc) is 1.67. The van der Waals surface area contributed by atoms with E-state index in [1.54, 1.807) is 6.92 Å². The minimum Gasteiger partial charge on any atom is -0.504 e. The molecule has 0 aromatic heterocycles. The largest absolute Gasteiger partial charge is 0.504 e. The number of hydrogen-bond donors (Lipinski definition) is 0. The molecule has 0 heterocycles. The van der Waals surface area contributed by atoms with Crippen molar-refractivity contribution in [2.24, 2.45) is 0 Å². The normalized spacial score (nSPS) is 17.2. The van der Waals surface area contributed by atoms with Crippen LogP contribution in [0.1, 0.15) is 6.92 Å². The van der Waals surface area contributed by atoms with Crippen LogP contribution in [0.3, 0.4) is 0 Å². The molecule has 0 spiro atoms. The van der Waals surface area contributed by atoms with Gasteiger partial charge in [-0.3, -0.25) is 0 Å². The fourth-order valence-corrected chi connectivity index (χ4v) is 0.354. The minimum atomic E-state index is -2.68. The third-order valence-corrected chi connectivity index (χ3v) is 2.71. The smallest absolute Gasteiger partial charge is 0.275 e. The molecular formula is C4H8O3S. The first-order valence-corrected chi connectivity index (χ1v) is 4.32. The molecule has 0 aliphatic carbocycles. The van der Waals surface area contributed by atoms with Gasteiger partial charge in [0, 0.05) is 0 Å². The highest BCUT2D eigenvalue weighted by Gasteiger charge is 2.19. The summed E-state index contributed by atoms with van der Waals surface area (Å²) in [5.41, 5.74) is 0. The van der Waals surface area contributed by atoms with Crippen LogP contribution >= 0.6 is 0 Å². The molecule has 4 heteroatoms. The van der Waals surface area contributed by atoms with E-state index in [9.17, 15) is 14.1 Å². The molecule has 0 N–H and O–H groups in total. The maximum Gasteiger partial charge on any atom is 0.275 e. The van der Waals surface area contributed by atoms with Crippen molar-refractivity contribution in [3.8, 4) is 0 Å². The van der Waals surface area contributed by atoms with Crippen LogP contribution in [0.4, 0.5) is 4.79 Å². The Bertz CT molecular complexity index is 140. The zero-order valence-corrected chi connectivity index (χ0v) is 5.66. The maximum atomic E-state index is 10.6. The molecule has 0 amide bonds. The van der Waals surface area contributed by atoms with Gasteiger partial charge in [0.15, 0.2) is 0 Å². The first-order valence-electron chi connectivity index (χ1n) is 2.18. The molecule has 0 aliphatic heterocycles. The van der Waals surface area contributed by atoms with Gasteiger partial charge in [0.25, 0.3) is 5.30 Å². The summed E-state index contributed by atoms with van der Waals surface area (Å²) in [5.74, 6) is 0.148. The van der Waals surface area contributed by atoms with Gasteiger partial charge >= 0.3 is 0 Å². The lowest BCUT2D eigenvalue weighted by molar-refractivity contribution is -0.233. The third-order valence-electron chi connectivity index (χ3n) is 0.903. The highest BCUT2D eigenvalue weighted by Crippen LogP contribution is 1.96. The highest BCUT2D eigenvalue weighted by molar-refractivity contribution is 8.15. The summed E-state index contributed by atoms with van der Waals surface area (Å²) in [6.07, 6.45) is 1.18. The Hall–Kier alpha value is -0.380. The Morgan fingerprint density at radius 3 is 2.12 bits per heavy atom. The van der Waals surface area contributed by atoms with Crippen LogP contribution in [0, 0.1) is 0 Å². The second kappa shape index (κ2) is 2.26. The van der Waals surface area contributed by atoms with Crippen LogP contribution in [0.15, 0.2) is 0 Å². The van der Waals surface area contributed by atoms with Crippen molar-refractivity contribution in [2.75, 3.05) is 12.0 Å². The Morgan fingerprint density at radius 1 is 1.75 bits per heavy atom. The predicted octanol–water partition coefficient (Wildman–Crippen LogP) is -0.521. The van der Waals surface area contributed by atoms with Crippen molar-refractivity contribution < 1.29 is 14.1 Å². The molecule has 0 saturated carbocycles. The standard InChI is InChI=1S/C4H8O3S/c1-3-8(2,7)4(5)6/h3H2,1-2H3. The van der Waals surface area contributed by atoms with Crippen molar-refractivity contribution >= 4 is 15.2 Å². The highest BCUT2D eigenvalue weighted by atomic mass is 32.2. The van der Waals surface area contributed by atoms with E-state index in [4.69, 9.17) is 0 Å². The van der Waals surface area contributed by atoms with E-state index in [2.05, 4.69) is 0 Å². The van der Waals surface area contributed by atoms with Gasteiger partial charge in [-0.15, -0.1) is 0 Å². The first-order chi connectivity index (χ1) is 3.50. The molecule has 48 valence electrons. The van der Waals surface area contributed by atoms with Gasteiger partial charge < -0.3 is 9.90 Å². The lowest BCUT2D eigenvalue weighted by Crippen LogP contribution is -2.35. The van der Waals surface area contributed by atoms with Gasteiger partial charge in [-0.05, 0) is 6.92 Å². The molecule has 0 aromatic carbocycles. The molecule has 0 bridgehead atoms. The van der Waals surface area contributed by atoms with Crippen molar-refractivity contribution in [1.82, 2.24) is 0 Å². The van der Waals surface area contributed by atoms with E-state index in [0.29, 0.717) is 0 Å². The zero-order chi connectivity index (χ0) is 6.78. The third kappa shape index (κ3) is 1.61. The second-order valence-corrected chi connectivity index (χ2v) is 4.46. The topological polar surface area (TPSA) is 57.2 Å². The van der Waals surface area contributed by atoms with Crippen LogP contribution in [0.2, 0.25) is 0 Å². The fraction of sp³-hybridized carbons (Fsp3) is 0.750. The Labute approximate surface area is 49.1 Å². The molecule has 3 nitrogen and oxygen atoms in total. The number of hydrogen-bond acceptors (Lipinski definition) is 3. The Kier molecular flexibility index (Phi) is 2.15. The van der Waals surface area contributed by atoms with Gasteiger partial charge in [-0.2, -0.15) is 0 Å². The molecule has 0 aliphatic rings. The molecule has 0 saturated heterocycles. The maximum absolute atomic E-state index is 10.6. The summed E-state index contributed by atoms with van der Waals surface area (Å²) in [5, 5.41) is 8.42. The lowest BCUT2D eigenvalue weighted by atomic mass is 11.0. The van der Waals surface area contributed by atoms with Crippen molar-refractivity contribution in [1.29, 1.82) is 0 Å². The summed E-state index contributed by atoms with van der Waals surface area (Å²) in [6.45, 7) is 1.55. The quantitative estimate of drug-likeness (QED) is 0.456. The van der Waals surface area contributed by atoms with Gasteiger partial charge in [0.05, 0.1) is 0 Å². The molecule has 0 aromatic rings. The summed E-state index contributed by atoms with van der Waals surface area (Å²) >= 11 is 0. The first kappa shape index (κ1) is 7.62. The molecule has 1 unspecified atom stereocenters. The van der Waals surface area contributed by atoms with E-state index in [-0.39, 0.29) is 5.75 Å². The van der Waals surface area contributed by atoms with Gasteiger partial charge in [-0.1, -0.05) is 4.21 Å². The minimum absolute atomic E-state index is 0.148. The summed E-state index contributed by atoms with van der Waals surface area (Å²) in [4.78, 5) is 9.87. The number of rotatable bonds is 1. The van der Waals surface area contributed by atoms with Crippen LogP contribution in [0.5, 0.6) is 0 Å². The number of carboxylic acid groups (broad SMARTS) is 1. The van der Waals surface area contributed by atoms with Crippen LogP contribution in [-0.4, -0.2) is 17.3 Å². The SMILES string of the molecule is CC[S+](C)(=O)C(=O)[O-]. The van der Waals surface area contributed by atoms with Gasteiger partial charge in [0.2, 0.25) is 0 Å². The zero-order valence-electron chi connectivity index (χ0n) is 4.84. The van der Waals surface area contributed by atoms with E-state index < -0.39 is 15.2 Å².